The van der Waals surface area contributed by atoms with E-state index in [1.165, 1.54) is 103 Å². The number of carbonyl (C=O) groups excluding carboxylic acids is 3. The highest BCUT2D eigenvalue weighted by molar-refractivity contribution is 7.47. The lowest BCUT2D eigenvalue weighted by molar-refractivity contribution is -0.161. The SMILES string of the molecule is CC/C=C\C/C=C\C/C=C\C/C=C\CCCCCCC(=O)OCC(COP(=O)(O)OCC(O)COP(=O)(O)OCC(O)COC(=O)CCCCCCCCCCC/C=C\C/C=C\C/C=C\C/C=C\CCCCC)OC(=O)CCCCCCCCCCCCCCC. The second kappa shape index (κ2) is 66.5. The smallest absolute Gasteiger partial charge is 0.463 e. The lowest BCUT2D eigenvalue weighted by atomic mass is 10.0. The molecule has 0 aliphatic rings. The molecule has 4 N–H and O–H groups in total. The fourth-order valence-electron chi connectivity index (χ4n) is 9.37. The van der Waals surface area contributed by atoms with Crippen molar-refractivity contribution in [2.24, 2.45) is 0 Å². The van der Waals surface area contributed by atoms with Crippen molar-refractivity contribution < 1.29 is 75.8 Å². The molecule has 0 saturated carbocycles. The Bertz CT molecular complexity index is 2050. The molecule has 16 nitrogen and oxygen atoms in total. The number of carbonyl (C=O) groups is 3. The zero-order valence-electron chi connectivity index (χ0n) is 57.0. The molecular weight excluding hydrogens is 1190 g/mol. The van der Waals surface area contributed by atoms with Crippen LogP contribution in [0.5, 0.6) is 0 Å². The van der Waals surface area contributed by atoms with E-state index in [0.29, 0.717) is 19.3 Å². The van der Waals surface area contributed by atoms with Crippen molar-refractivity contribution in [1.82, 2.24) is 0 Å². The summed E-state index contributed by atoms with van der Waals surface area (Å²) in [5.74, 6) is -1.60. The van der Waals surface area contributed by atoms with Crippen LogP contribution < -0.4 is 0 Å². The lowest BCUT2D eigenvalue weighted by Gasteiger charge is -2.21. The van der Waals surface area contributed by atoms with Gasteiger partial charge in [-0.1, -0.05) is 266 Å². The Labute approximate surface area is 552 Å². The molecule has 0 rings (SSSR count). The summed E-state index contributed by atoms with van der Waals surface area (Å²) in [5, 5.41) is 20.6. The predicted octanol–water partition coefficient (Wildman–Crippen LogP) is 19.9. The number of allylic oxidation sites excluding steroid dienone is 16. The molecule has 0 saturated heterocycles. The molecule has 0 amide bonds. The van der Waals surface area contributed by atoms with Crippen LogP contribution in [0.1, 0.15) is 290 Å². The third-order valence-corrected chi connectivity index (χ3v) is 16.7. The number of aliphatic hydroxyl groups is 2. The molecule has 0 aromatic rings. The van der Waals surface area contributed by atoms with Crippen LogP contribution in [0, 0.1) is 0 Å². The molecule has 0 heterocycles. The maximum atomic E-state index is 12.9. The number of rotatable bonds is 67. The van der Waals surface area contributed by atoms with Gasteiger partial charge in [-0.25, -0.2) is 9.13 Å². The van der Waals surface area contributed by atoms with Crippen molar-refractivity contribution in [3.63, 3.8) is 0 Å². The number of hydrogen-bond acceptors (Lipinski definition) is 14. The van der Waals surface area contributed by atoms with Gasteiger partial charge in [0, 0.05) is 19.3 Å². The highest BCUT2D eigenvalue weighted by Crippen LogP contribution is 2.45. The van der Waals surface area contributed by atoms with Crippen LogP contribution in [0.4, 0.5) is 0 Å². The van der Waals surface area contributed by atoms with Crippen molar-refractivity contribution in [3.8, 4) is 0 Å². The second-order valence-corrected chi connectivity index (χ2v) is 26.6. The standard InChI is InChI=1S/C73H128O16P2/c1-4-7-10-13-16-19-22-25-27-29-30-31-32-33-34-35-36-38-40-42-44-47-50-53-56-59-71(76)83-62-68(74)63-85-90(79,80)86-64-69(75)65-87-91(81,82)88-67-70(89-73(78)61-58-55-52-49-46-41-24-21-18-15-12-9-6-3)66-84-72(77)60-57-54-51-48-45-43-39-37-28-26-23-20-17-14-11-8-5-2/h8,11,16-17,19-20,25-28,30-31,33-34,39,43,68-70,74-75H,4-7,9-10,12-15,18,21-24,29,32,35-38,40-42,44-67H2,1-3H3,(H,79,80)(H,81,82)/b11-8-,19-16-,20-17-,27-25-,28-26-,31-30-,34-33-,43-39-. The number of ether oxygens (including phenoxy) is 3. The minimum Gasteiger partial charge on any atom is -0.463 e. The Balaban J connectivity index is 4.56. The molecule has 0 aromatic carbocycles. The van der Waals surface area contributed by atoms with E-state index in [1.54, 1.807) is 0 Å². The van der Waals surface area contributed by atoms with Crippen molar-refractivity contribution >= 4 is 33.6 Å². The summed E-state index contributed by atoms with van der Waals surface area (Å²) in [6.45, 7) is 2.51. The van der Waals surface area contributed by atoms with E-state index in [2.05, 4.69) is 118 Å². The number of phosphoric acid groups is 2. The van der Waals surface area contributed by atoms with E-state index in [4.69, 9.17) is 32.3 Å². The summed E-state index contributed by atoms with van der Waals surface area (Å²) in [5.41, 5.74) is 0. The fourth-order valence-corrected chi connectivity index (χ4v) is 11.0. The van der Waals surface area contributed by atoms with Crippen LogP contribution in [-0.2, 0) is 55.8 Å². The van der Waals surface area contributed by atoms with Crippen molar-refractivity contribution in [2.45, 2.75) is 309 Å². The first-order valence-corrected chi connectivity index (χ1v) is 38.5. The molecule has 0 aliphatic carbocycles. The number of esters is 3. The summed E-state index contributed by atoms with van der Waals surface area (Å²) < 4.78 is 60.9. The molecular formula is C73H128O16P2. The first kappa shape index (κ1) is 87.5. The van der Waals surface area contributed by atoms with Crippen LogP contribution >= 0.6 is 15.6 Å². The first-order chi connectivity index (χ1) is 44.2. The number of phosphoric ester groups is 2. The molecule has 0 aromatic heterocycles. The van der Waals surface area contributed by atoms with Crippen LogP contribution in [-0.4, -0.2) is 95.9 Å². The second-order valence-electron chi connectivity index (χ2n) is 23.7. The predicted molar refractivity (Wildman–Crippen MR) is 371 cm³/mol. The van der Waals surface area contributed by atoms with Gasteiger partial charge >= 0.3 is 33.6 Å². The van der Waals surface area contributed by atoms with Crippen molar-refractivity contribution in [3.05, 3.63) is 97.2 Å². The Kier molecular flexibility index (Phi) is 63.9. The van der Waals surface area contributed by atoms with Gasteiger partial charge < -0.3 is 34.2 Å². The van der Waals surface area contributed by atoms with E-state index >= 15 is 0 Å². The van der Waals surface area contributed by atoms with Crippen molar-refractivity contribution in [2.75, 3.05) is 39.6 Å². The molecule has 0 spiro atoms. The normalized spacial score (nSPS) is 14.8. The minimum atomic E-state index is -4.93. The zero-order valence-corrected chi connectivity index (χ0v) is 58.8. The lowest BCUT2D eigenvalue weighted by Crippen LogP contribution is -2.30. The van der Waals surface area contributed by atoms with Gasteiger partial charge in [-0.05, 0) is 103 Å². The summed E-state index contributed by atoms with van der Waals surface area (Å²) in [4.78, 5) is 58.4. The van der Waals surface area contributed by atoms with Gasteiger partial charge in [-0.3, -0.25) is 32.5 Å². The van der Waals surface area contributed by atoms with Gasteiger partial charge in [0.1, 0.15) is 25.4 Å². The summed E-state index contributed by atoms with van der Waals surface area (Å²) in [7, 11) is -9.78. The monoisotopic (exact) mass is 1320 g/mol. The Morgan fingerprint density at radius 1 is 0.319 bits per heavy atom. The molecule has 91 heavy (non-hydrogen) atoms. The third-order valence-electron chi connectivity index (χ3n) is 14.8. The molecule has 0 fully saturated rings. The average molecular weight is 1320 g/mol. The summed E-state index contributed by atoms with van der Waals surface area (Å²) in [6, 6.07) is 0. The van der Waals surface area contributed by atoms with Gasteiger partial charge in [-0.2, -0.15) is 0 Å². The fraction of sp³-hybridized carbons (Fsp3) is 0.740. The van der Waals surface area contributed by atoms with Crippen LogP contribution in [0.25, 0.3) is 0 Å². The van der Waals surface area contributed by atoms with E-state index in [1.807, 2.05) is 0 Å². The van der Waals surface area contributed by atoms with Gasteiger partial charge in [-0.15, -0.1) is 0 Å². The topological polar surface area (TPSA) is 231 Å². The zero-order chi connectivity index (χ0) is 66.7. The Morgan fingerprint density at radius 2 is 0.582 bits per heavy atom. The van der Waals surface area contributed by atoms with Crippen LogP contribution in [0.15, 0.2) is 97.2 Å². The summed E-state index contributed by atoms with van der Waals surface area (Å²) in [6.07, 6.45) is 73.1. The maximum absolute atomic E-state index is 12.9. The van der Waals surface area contributed by atoms with Gasteiger partial charge in [0.25, 0.3) is 0 Å². The van der Waals surface area contributed by atoms with E-state index < -0.39 is 91.5 Å². The van der Waals surface area contributed by atoms with E-state index in [-0.39, 0.29) is 19.3 Å². The van der Waals surface area contributed by atoms with Crippen LogP contribution in [0.3, 0.4) is 0 Å². The summed E-state index contributed by atoms with van der Waals surface area (Å²) >= 11 is 0. The molecule has 5 atom stereocenters. The Hall–Kier alpha value is -3.53. The Morgan fingerprint density at radius 3 is 0.945 bits per heavy atom. The molecule has 0 aliphatic heterocycles. The van der Waals surface area contributed by atoms with E-state index in [9.17, 15) is 43.5 Å². The van der Waals surface area contributed by atoms with Gasteiger partial charge in [0.15, 0.2) is 6.10 Å². The van der Waals surface area contributed by atoms with Gasteiger partial charge in [0.2, 0.25) is 0 Å². The molecule has 526 valence electrons. The molecule has 18 heteroatoms. The quantitative estimate of drug-likeness (QED) is 0.0146. The number of aliphatic hydroxyl groups excluding tert-OH is 2. The highest BCUT2D eigenvalue weighted by Gasteiger charge is 2.29. The molecule has 0 radical (unpaired) electrons. The highest BCUT2D eigenvalue weighted by atomic mass is 31.2. The van der Waals surface area contributed by atoms with Crippen LogP contribution in [0.2, 0.25) is 0 Å². The maximum Gasteiger partial charge on any atom is 0.472 e. The third kappa shape index (κ3) is 67.7. The van der Waals surface area contributed by atoms with Crippen molar-refractivity contribution in [1.29, 1.82) is 0 Å². The minimum absolute atomic E-state index is 0.101. The van der Waals surface area contributed by atoms with E-state index in [0.717, 1.165) is 128 Å². The largest absolute Gasteiger partial charge is 0.472 e. The van der Waals surface area contributed by atoms with Gasteiger partial charge in [0.05, 0.1) is 26.4 Å². The number of unbranched alkanes of at least 4 members (excludes halogenated alkanes) is 28. The number of hydrogen-bond donors (Lipinski definition) is 4. The average Bonchev–Trinajstić information content (AvgIpc) is 3.75. The molecule has 0 bridgehead atoms. The molecule has 5 unspecified atom stereocenters. The first-order valence-electron chi connectivity index (χ1n) is 35.5.